The molecule has 0 radical (unpaired) electrons. The van der Waals surface area contributed by atoms with Gasteiger partial charge in [-0.1, -0.05) is 27.4 Å². The van der Waals surface area contributed by atoms with Crippen LogP contribution in [-0.4, -0.2) is 12.1 Å². The number of esters is 1. The second-order valence-corrected chi connectivity index (χ2v) is 6.17. The summed E-state index contributed by atoms with van der Waals surface area (Å²) in [6.45, 7) is 12.3. The van der Waals surface area contributed by atoms with E-state index in [1.54, 1.807) is 6.92 Å². The van der Waals surface area contributed by atoms with Gasteiger partial charge in [-0.2, -0.15) is 0 Å². The van der Waals surface area contributed by atoms with E-state index >= 15 is 0 Å². The molecule has 0 saturated heterocycles. The largest absolute Gasteiger partial charge is 0.459 e. The quantitative estimate of drug-likeness (QED) is 0.530. The first-order valence-electron chi connectivity index (χ1n) is 6.20. The summed E-state index contributed by atoms with van der Waals surface area (Å²) in [6, 6.07) is 0. The van der Waals surface area contributed by atoms with Crippen LogP contribution < -0.4 is 0 Å². The minimum Gasteiger partial charge on any atom is -0.459 e. The van der Waals surface area contributed by atoms with Crippen LogP contribution in [0.25, 0.3) is 0 Å². The molecule has 0 amide bonds. The molecule has 16 heavy (non-hydrogen) atoms. The van der Waals surface area contributed by atoms with Crippen molar-refractivity contribution in [3.8, 4) is 0 Å². The molecular weight excluding hydrogens is 200 g/mol. The number of fused-ring (bicyclic) bond motifs is 2. The summed E-state index contributed by atoms with van der Waals surface area (Å²) in [5.74, 6) is 1.70. The lowest BCUT2D eigenvalue weighted by Crippen LogP contribution is -2.37. The Morgan fingerprint density at radius 2 is 2.00 bits per heavy atom. The van der Waals surface area contributed by atoms with Crippen LogP contribution in [0, 0.1) is 23.2 Å². The van der Waals surface area contributed by atoms with Crippen LogP contribution in [0.5, 0.6) is 0 Å². The summed E-state index contributed by atoms with van der Waals surface area (Å²) in [6.07, 6.45) is 2.40. The number of hydrogen-bond donors (Lipinski definition) is 0. The molecule has 2 heteroatoms. The van der Waals surface area contributed by atoms with Crippen molar-refractivity contribution in [3.63, 3.8) is 0 Å². The summed E-state index contributed by atoms with van der Waals surface area (Å²) in [7, 11) is 0. The maximum absolute atomic E-state index is 11.5. The third kappa shape index (κ3) is 1.59. The number of carbonyl (C=O) groups is 1. The molecule has 2 fully saturated rings. The highest BCUT2D eigenvalue weighted by atomic mass is 16.5. The fourth-order valence-corrected chi connectivity index (χ4v) is 3.46. The molecule has 0 spiro atoms. The maximum atomic E-state index is 11.5. The van der Waals surface area contributed by atoms with Gasteiger partial charge in [-0.05, 0) is 42.9 Å². The van der Waals surface area contributed by atoms with Crippen LogP contribution in [0.3, 0.4) is 0 Å². The molecule has 2 rings (SSSR count). The molecule has 4 atom stereocenters. The van der Waals surface area contributed by atoms with Gasteiger partial charge >= 0.3 is 5.97 Å². The van der Waals surface area contributed by atoms with Crippen molar-refractivity contribution in [2.45, 2.75) is 46.6 Å². The predicted octanol–water partition coefficient (Wildman–Crippen LogP) is 3.18. The number of ether oxygens (including phenoxy) is 1. The molecule has 2 bridgehead atoms. The van der Waals surface area contributed by atoms with Gasteiger partial charge in [0.25, 0.3) is 0 Å². The van der Waals surface area contributed by atoms with Crippen molar-refractivity contribution in [2.24, 2.45) is 23.2 Å². The first kappa shape index (κ1) is 11.7. The van der Waals surface area contributed by atoms with Gasteiger partial charge in [-0.15, -0.1) is 0 Å². The third-order valence-corrected chi connectivity index (χ3v) is 5.03. The highest BCUT2D eigenvalue weighted by Gasteiger charge is 2.56. The lowest BCUT2D eigenvalue weighted by molar-refractivity contribution is -0.149. The standard InChI is InChI=1S/C14H22O2/c1-8(2)13(15)16-12-7-10-6-11(12)9(3)14(10,4)5/h9-12H,1,6-7H2,2-5H3. The Labute approximate surface area is 98.1 Å². The van der Waals surface area contributed by atoms with Gasteiger partial charge in [0, 0.05) is 5.57 Å². The fourth-order valence-electron chi connectivity index (χ4n) is 3.46. The predicted molar refractivity (Wildman–Crippen MR) is 63.9 cm³/mol. The van der Waals surface area contributed by atoms with Gasteiger partial charge in [-0.25, -0.2) is 4.79 Å². The van der Waals surface area contributed by atoms with Crippen LogP contribution in [-0.2, 0) is 9.53 Å². The Morgan fingerprint density at radius 1 is 1.38 bits per heavy atom. The van der Waals surface area contributed by atoms with Crippen LogP contribution in [0.1, 0.15) is 40.5 Å². The molecular formula is C14H22O2. The van der Waals surface area contributed by atoms with E-state index in [2.05, 4.69) is 27.4 Å². The van der Waals surface area contributed by atoms with Gasteiger partial charge in [0.2, 0.25) is 0 Å². The number of carbonyl (C=O) groups excluding carboxylic acids is 1. The first-order valence-corrected chi connectivity index (χ1v) is 6.20. The summed E-state index contributed by atoms with van der Waals surface area (Å²) < 4.78 is 5.53. The number of rotatable bonds is 2. The van der Waals surface area contributed by atoms with Crippen molar-refractivity contribution in [1.29, 1.82) is 0 Å². The van der Waals surface area contributed by atoms with E-state index in [9.17, 15) is 4.79 Å². The van der Waals surface area contributed by atoms with Gasteiger partial charge in [0.05, 0.1) is 0 Å². The molecule has 4 unspecified atom stereocenters. The Morgan fingerprint density at radius 3 is 2.44 bits per heavy atom. The summed E-state index contributed by atoms with van der Waals surface area (Å²) >= 11 is 0. The summed E-state index contributed by atoms with van der Waals surface area (Å²) in [5, 5.41) is 0. The Hall–Kier alpha value is -0.790. The lowest BCUT2D eigenvalue weighted by Gasteiger charge is -2.39. The van der Waals surface area contributed by atoms with Gasteiger partial charge < -0.3 is 4.74 Å². The average molecular weight is 222 g/mol. The minimum atomic E-state index is -0.220. The zero-order valence-corrected chi connectivity index (χ0v) is 10.7. The van der Waals surface area contributed by atoms with Gasteiger partial charge in [-0.3, -0.25) is 0 Å². The van der Waals surface area contributed by atoms with E-state index in [1.807, 2.05) is 0 Å². The van der Waals surface area contributed by atoms with E-state index < -0.39 is 0 Å². The van der Waals surface area contributed by atoms with Crippen LogP contribution in [0.4, 0.5) is 0 Å². The maximum Gasteiger partial charge on any atom is 0.333 e. The summed E-state index contributed by atoms with van der Waals surface area (Å²) in [5.41, 5.74) is 0.922. The molecule has 0 aliphatic heterocycles. The van der Waals surface area contributed by atoms with Crippen molar-refractivity contribution in [1.82, 2.24) is 0 Å². The molecule has 0 aromatic carbocycles. The topological polar surface area (TPSA) is 26.3 Å². The van der Waals surface area contributed by atoms with Gasteiger partial charge in [0.1, 0.15) is 6.10 Å². The van der Waals surface area contributed by atoms with Gasteiger partial charge in [0.15, 0.2) is 0 Å². The molecule has 0 N–H and O–H groups in total. The molecule has 0 aromatic rings. The van der Waals surface area contributed by atoms with E-state index in [4.69, 9.17) is 4.74 Å². The van der Waals surface area contributed by atoms with Crippen LogP contribution >= 0.6 is 0 Å². The molecule has 2 saturated carbocycles. The normalized spacial score (nSPS) is 39.8. The van der Waals surface area contributed by atoms with E-state index in [0.717, 1.165) is 12.3 Å². The molecule has 2 nitrogen and oxygen atoms in total. The zero-order valence-electron chi connectivity index (χ0n) is 10.7. The van der Waals surface area contributed by atoms with Crippen LogP contribution in [0.15, 0.2) is 12.2 Å². The molecule has 90 valence electrons. The lowest BCUT2D eigenvalue weighted by atomic mass is 9.69. The van der Waals surface area contributed by atoms with Crippen molar-refractivity contribution >= 4 is 5.97 Å². The summed E-state index contributed by atoms with van der Waals surface area (Å²) in [4.78, 5) is 11.5. The van der Waals surface area contributed by atoms with E-state index in [0.29, 0.717) is 22.8 Å². The monoisotopic (exact) mass is 222 g/mol. The molecule has 2 aliphatic rings. The minimum absolute atomic E-state index is 0.136. The Bertz CT molecular complexity index is 326. The van der Waals surface area contributed by atoms with E-state index in [-0.39, 0.29) is 12.1 Å². The molecule has 2 aliphatic carbocycles. The smallest absolute Gasteiger partial charge is 0.333 e. The second kappa shape index (κ2) is 3.61. The van der Waals surface area contributed by atoms with Crippen molar-refractivity contribution in [3.05, 3.63) is 12.2 Å². The van der Waals surface area contributed by atoms with Crippen molar-refractivity contribution < 1.29 is 9.53 Å². The fraction of sp³-hybridized carbons (Fsp3) is 0.786. The Kier molecular flexibility index (Phi) is 2.64. The highest BCUT2D eigenvalue weighted by Crippen LogP contribution is 2.59. The van der Waals surface area contributed by atoms with Crippen molar-refractivity contribution in [2.75, 3.05) is 0 Å². The van der Waals surface area contributed by atoms with Crippen LogP contribution in [0.2, 0.25) is 0 Å². The zero-order chi connectivity index (χ0) is 12.1. The first-order chi connectivity index (χ1) is 7.34. The molecule has 0 heterocycles. The molecule has 0 aromatic heterocycles. The average Bonchev–Trinajstić information content (AvgIpc) is 2.67. The SMILES string of the molecule is C=C(C)C(=O)OC1CC2CC1C(C)C2(C)C. The van der Waals surface area contributed by atoms with E-state index in [1.165, 1.54) is 6.42 Å². The third-order valence-electron chi connectivity index (χ3n) is 5.03. The highest BCUT2D eigenvalue weighted by molar-refractivity contribution is 5.87. The second-order valence-electron chi connectivity index (χ2n) is 6.17. The number of hydrogen-bond acceptors (Lipinski definition) is 2. The Balaban J connectivity index is 2.04.